The van der Waals surface area contributed by atoms with Gasteiger partial charge < -0.3 is 24.7 Å². The number of ether oxygens (including phenoxy) is 2. The number of aryl methyl sites for hydroxylation is 2. The topological polar surface area (TPSA) is 118 Å². The van der Waals surface area contributed by atoms with E-state index in [4.69, 9.17) is 9.47 Å². The van der Waals surface area contributed by atoms with Crippen LogP contribution in [0.1, 0.15) is 51.5 Å². The van der Waals surface area contributed by atoms with E-state index < -0.39 is 23.9 Å². The quantitative estimate of drug-likeness (QED) is 0.606. The lowest BCUT2D eigenvalue weighted by atomic mass is 10.1. The summed E-state index contributed by atoms with van der Waals surface area (Å²) in [6.07, 6.45) is -1.13. The van der Waals surface area contributed by atoms with Gasteiger partial charge in [-0.15, -0.1) is 0 Å². The van der Waals surface area contributed by atoms with Gasteiger partial charge in [0.05, 0.1) is 18.7 Å². The van der Waals surface area contributed by atoms with Crippen molar-refractivity contribution in [3.05, 3.63) is 52.3 Å². The van der Waals surface area contributed by atoms with Crippen molar-refractivity contribution in [1.29, 1.82) is 0 Å². The third-order valence-electron chi connectivity index (χ3n) is 4.85. The van der Waals surface area contributed by atoms with Gasteiger partial charge in [0.2, 0.25) is 5.91 Å². The first-order chi connectivity index (χ1) is 15.0. The summed E-state index contributed by atoms with van der Waals surface area (Å²) < 4.78 is 10.3. The number of benzene rings is 1. The Morgan fingerprint density at radius 1 is 1.06 bits per heavy atom. The molecule has 0 saturated carbocycles. The molecule has 0 aliphatic carbocycles. The van der Waals surface area contributed by atoms with Crippen LogP contribution in [0.25, 0.3) is 0 Å². The Kier molecular flexibility index (Phi) is 8.17. The predicted molar refractivity (Wildman–Crippen MR) is 119 cm³/mol. The van der Waals surface area contributed by atoms with Crippen LogP contribution in [-0.2, 0) is 19.1 Å². The number of nitrogens with zero attached hydrogens (tertiary/aromatic N) is 1. The van der Waals surface area contributed by atoms with Gasteiger partial charge in [-0.2, -0.15) is 0 Å². The molecule has 0 bridgehead atoms. The van der Waals surface area contributed by atoms with Crippen LogP contribution in [0.2, 0.25) is 0 Å². The maximum absolute atomic E-state index is 12.6. The molecule has 2 amide bonds. The van der Waals surface area contributed by atoms with Gasteiger partial charge in [0.1, 0.15) is 5.69 Å². The highest BCUT2D eigenvalue weighted by Crippen LogP contribution is 2.20. The zero-order valence-corrected chi connectivity index (χ0v) is 19.2. The molecule has 0 spiro atoms. The molecule has 32 heavy (non-hydrogen) atoms. The highest BCUT2D eigenvalue weighted by Gasteiger charge is 2.28. The zero-order chi connectivity index (χ0) is 24.0. The molecule has 0 aliphatic heterocycles. The number of amides is 2. The number of nitrogens with one attached hydrogen (secondary N) is 2. The molecule has 0 aliphatic rings. The lowest BCUT2D eigenvalue weighted by Gasteiger charge is -2.21. The number of carbonyl (C=O) groups is 4. The fraction of sp³-hybridized carbons (Fsp3) is 0.391. The summed E-state index contributed by atoms with van der Waals surface area (Å²) in [5.41, 5.74) is 2.88. The van der Waals surface area contributed by atoms with Crippen molar-refractivity contribution in [2.24, 2.45) is 0 Å². The summed E-state index contributed by atoms with van der Waals surface area (Å²) in [5.74, 6) is -2.23. The molecule has 172 valence electrons. The molecule has 9 heteroatoms. The molecule has 0 fully saturated rings. The van der Waals surface area contributed by atoms with E-state index in [1.165, 1.54) is 18.9 Å². The van der Waals surface area contributed by atoms with E-state index in [1.807, 2.05) is 19.1 Å². The minimum Gasteiger partial charge on any atom is -0.462 e. The van der Waals surface area contributed by atoms with Crippen molar-refractivity contribution < 1.29 is 28.7 Å². The average molecular weight is 444 g/mol. The third-order valence-corrected chi connectivity index (χ3v) is 4.85. The van der Waals surface area contributed by atoms with Crippen LogP contribution in [0.15, 0.2) is 24.3 Å². The number of hydrogen-bond donors (Lipinski definition) is 2. The Morgan fingerprint density at radius 2 is 1.69 bits per heavy atom. The summed E-state index contributed by atoms with van der Waals surface area (Å²) in [6, 6.07) is 7.27. The van der Waals surface area contributed by atoms with Crippen molar-refractivity contribution in [2.45, 2.75) is 40.7 Å². The molecule has 0 unspecified atom stereocenters. The first-order valence-corrected chi connectivity index (χ1v) is 10.2. The molecule has 2 aromatic rings. The summed E-state index contributed by atoms with van der Waals surface area (Å²) in [5, 5.41) is 2.71. The van der Waals surface area contributed by atoms with Gasteiger partial charge in [-0.1, -0.05) is 17.7 Å². The van der Waals surface area contributed by atoms with Crippen molar-refractivity contribution in [2.75, 3.05) is 25.5 Å². The molecule has 0 radical (unpaired) electrons. The molecular formula is C23H29N3O6. The number of aromatic nitrogens is 1. The smallest absolute Gasteiger partial charge is 0.355 e. The van der Waals surface area contributed by atoms with E-state index in [0.717, 1.165) is 5.56 Å². The molecule has 2 N–H and O–H groups in total. The van der Waals surface area contributed by atoms with E-state index >= 15 is 0 Å². The van der Waals surface area contributed by atoms with Gasteiger partial charge >= 0.3 is 11.9 Å². The van der Waals surface area contributed by atoms with Crippen LogP contribution in [0.4, 0.5) is 5.69 Å². The summed E-state index contributed by atoms with van der Waals surface area (Å²) >= 11 is 0. The Bertz CT molecular complexity index is 1010. The van der Waals surface area contributed by atoms with Crippen LogP contribution in [0.5, 0.6) is 0 Å². The molecule has 1 aromatic carbocycles. The van der Waals surface area contributed by atoms with E-state index in [9.17, 15) is 19.2 Å². The van der Waals surface area contributed by atoms with Crippen LogP contribution in [-0.4, -0.2) is 59.9 Å². The van der Waals surface area contributed by atoms with E-state index in [0.29, 0.717) is 16.9 Å². The molecule has 9 nitrogen and oxygen atoms in total. The molecule has 2 rings (SSSR count). The van der Waals surface area contributed by atoms with E-state index in [2.05, 4.69) is 10.3 Å². The number of hydrogen-bond acceptors (Lipinski definition) is 6. The van der Waals surface area contributed by atoms with E-state index in [1.54, 1.807) is 32.9 Å². The average Bonchev–Trinajstić information content (AvgIpc) is 3.03. The van der Waals surface area contributed by atoms with Crippen molar-refractivity contribution in [3.8, 4) is 0 Å². The number of rotatable bonds is 8. The SMILES string of the molecule is CCOC(=O)c1c(C)[nH]c(C(=O)O[C@@H](C)C(=O)N(C)CC(=O)Nc2ccc(C)cc2)c1C. The van der Waals surface area contributed by atoms with Crippen LogP contribution < -0.4 is 5.32 Å². The first-order valence-electron chi connectivity index (χ1n) is 10.2. The highest BCUT2D eigenvalue weighted by atomic mass is 16.5. The van der Waals surface area contributed by atoms with Gasteiger partial charge in [0.25, 0.3) is 5.91 Å². The minimum atomic E-state index is -1.13. The summed E-state index contributed by atoms with van der Waals surface area (Å²) in [6.45, 7) is 8.29. The van der Waals surface area contributed by atoms with Gasteiger partial charge in [0, 0.05) is 18.4 Å². The lowest BCUT2D eigenvalue weighted by molar-refractivity contribution is -0.140. The molecule has 1 heterocycles. The van der Waals surface area contributed by atoms with Gasteiger partial charge in [-0.3, -0.25) is 9.59 Å². The third kappa shape index (κ3) is 5.96. The van der Waals surface area contributed by atoms with Crippen LogP contribution in [0, 0.1) is 20.8 Å². The van der Waals surface area contributed by atoms with Crippen molar-refractivity contribution in [3.63, 3.8) is 0 Å². The highest BCUT2D eigenvalue weighted by molar-refractivity contribution is 5.99. The second-order valence-corrected chi connectivity index (χ2v) is 7.50. The Labute approximate surface area is 187 Å². The maximum atomic E-state index is 12.6. The predicted octanol–water partition coefficient (Wildman–Crippen LogP) is 2.76. The van der Waals surface area contributed by atoms with Crippen LogP contribution >= 0.6 is 0 Å². The molecule has 1 atom stereocenters. The first kappa shape index (κ1) is 24.6. The zero-order valence-electron chi connectivity index (χ0n) is 19.2. The van der Waals surface area contributed by atoms with Gasteiger partial charge in [-0.25, -0.2) is 9.59 Å². The number of H-pyrrole nitrogens is 1. The monoisotopic (exact) mass is 443 g/mol. The second kappa shape index (κ2) is 10.6. The standard InChI is InChI=1S/C23H29N3O6/c1-7-31-22(29)19-14(3)20(24-15(19)4)23(30)32-16(5)21(28)26(6)12-18(27)25-17-10-8-13(2)9-11-17/h8-11,16,24H,7,12H2,1-6H3,(H,25,27)/t16-/m0/s1. The number of carbonyl (C=O) groups excluding carboxylic acids is 4. The van der Waals surface area contributed by atoms with Gasteiger partial charge in [0.15, 0.2) is 6.10 Å². The van der Waals surface area contributed by atoms with Crippen LogP contribution in [0.3, 0.4) is 0 Å². The Morgan fingerprint density at radius 3 is 2.28 bits per heavy atom. The largest absolute Gasteiger partial charge is 0.462 e. The minimum absolute atomic E-state index is 0.0740. The summed E-state index contributed by atoms with van der Waals surface area (Å²) in [4.78, 5) is 53.5. The number of likely N-dealkylation sites (N-methyl/N-ethyl adjacent to an activating group) is 1. The number of anilines is 1. The maximum Gasteiger partial charge on any atom is 0.355 e. The number of esters is 2. The molecular weight excluding hydrogens is 414 g/mol. The van der Waals surface area contributed by atoms with Crippen molar-refractivity contribution >= 4 is 29.4 Å². The summed E-state index contributed by atoms with van der Waals surface area (Å²) in [7, 11) is 1.45. The fourth-order valence-electron chi connectivity index (χ4n) is 3.17. The van der Waals surface area contributed by atoms with E-state index in [-0.39, 0.29) is 30.3 Å². The Balaban J connectivity index is 1.98. The molecule has 1 aromatic heterocycles. The normalized spacial score (nSPS) is 11.4. The van der Waals surface area contributed by atoms with Crippen molar-refractivity contribution in [1.82, 2.24) is 9.88 Å². The van der Waals surface area contributed by atoms with Gasteiger partial charge in [-0.05, 0) is 52.3 Å². The second-order valence-electron chi connectivity index (χ2n) is 7.50. The molecule has 0 saturated heterocycles. The lowest BCUT2D eigenvalue weighted by Crippen LogP contribution is -2.41. The number of aromatic amines is 1. The fourth-order valence-corrected chi connectivity index (χ4v) is 3.17. The Hall–Kier alpha value is -3.62.